The Hall–Kier alpha value is -2.70. The van der Waals surface area contributed by atoms with Crippen molar-refractivity contribution in [1.29, 1.82) is 0 Å². The van der Waals surface area contributed by atoms with Crippen molar-refractivity contribution in [2.45, 2.75) is 45.2 Å². The van der Waals surface area contributed by atoms with Gasteiger partial charge >= 0.3 is 0 Å². The molecule has 2 aromatic heterocycles. The summed E-state index contributed by atoms with van der Waals surface area (Å²) >= 11 is 1.93. The maximum absolute atomic E-state index is 4.82. The summed E-state index contributed by atoms with van der Waals surface area (Å²) in [5.74, 6) is 2.46. The Kier molecular flexibility index (Phi) is 6.47. The van der Waals surface area contributed by atoms with Crippen molar-refractivity contribution >= 4 is 44.1 Å². The molecule has 0 unspecified atom stereocenters. The highest BCUT2D eigenvalue weighted by molar-refractivity contribution is 7.19. The molecule has 0 atom stereocenters. The van der Waals surface area contributed by atoms with Crippen LogP contribution in [0.2, 0.25) is 0 Å². The Morgan fingerprint density at radius 1 is 0.939 bits per heavy atom. The van der Waals surface area contributed by atoms with Gasteiger partial charge in [0, 0.05) is 41.6 Å². The van der Waals surface area contributed by atoms with Crippen molar-refractivity contribution in [2.24, 2.45) is 5.92 Å². The second-order valence-corrected chi connectivity index (χ2v) is 10.6. The molecule has 1 fully saturated rings. The van der Waals surface area contributed by atoms with Gasteiger partial charge in [-0.25, -0.2) is 4.98 Å². The Labute approximate surface area is 200 Å². The second kappa shape index (κ2) is 9.65. The zero-order valence-electron chi connectivity index (χ0n) is 19.8. The molecule has 5 rings (SSSR count). The molecule has 1 saturated carbocycles. The number of para-hydroxylation sites is 1. The van der Waals surface area contributed by atoms with Gasteiger partial charge in [0.2, 0.25) is 5.95 Å². The fourth-order valence-electron chi connectivity index (χ4n) is 4.94. The molecule has 0 radical (unpaired) electrons. The molecule has 4 aromatic rings. The van der Waals surface area contributed by atoms with Crippen molar-refractivity contribution in [3.63, 3.8) is 0 Å². The molecule has 1 aliphatic rings. The van der Waals surface area contributed by atoms with Crippen LogP contribution in [0.1, 0.15) is 36.1 Å². The third kappa shape index (κ3) is 4.82. The first-order chi connectivity index (χ1) is 16.1. The zero-order chi connectivity index (χ0) is 22.8. The predicted octanol–water partition coefficient (Wildman–Crippen LogP) is 5.98. The van der Waals surface area contributed by atoms with Crippen LogP contribution in [0.25, 0.3) is 21.0 Å². The van der Waals surface area contributed by atoms with E-state index >= 15 is 0 Å². The number of hydrogen-bond acceptors (Lipinski definition) is 6. The van der Waals surface area contributed by atoms with Crippen LogP contribution in [0.15, 0.2) is 48.5 Å². The molecule has 0 bridgehead atoms. The third-order valence-corrected chi connectivity index (χ3v) is 8.12. The summed E-state index contributed by atoms with van der Waals surface area (Å²) in [6.45, 7) is 4.32. The molecule has 0 spiro atoms. The van der Waals surface area contributed by atoms with Gasteiger partial charge < -0.3 is 15.5 Å². The van der Waals surface area contributed by atoms with E-state index < -0.39 is 0 Å². The van der Waals surface area contributed by atoms with Gasteiger partial charge in [0.05, 0.1) is 5.52 Å². The first-order valence-electron chi connectivity index (χ1n) is 12.0. The Morgan fingerprint density at radius 3 is 2.42 bits per heavy atom. The molecule has 0 aliphatic heterocycles. The number of anilines is 2. The molecule has 2 N–H and O–H groups in total. The maximum Gasteiger partial charge on any atom is 0.225 e. The summed E-state index contributed by atoms with van der Waals surface area (Å²) in [5.41, 5.74) is 2.43. The fourth-order valence-corrected chi connectivity index (χ4v) is 6.12. The quantitative estimate of drug-likeness (QED) is 0.356. The van der Waals surface area contributed by atoms with Gasteiger partial charge in [-0.15, -0.1) is 11.3 Å². The summed E-state index contributed by atoms with van der Waals surface area (Å²) < 4.78 is 1.40. The summed E-state index contributed by atoms with van der Waals surface area (Å²) in [6, 6.07) is 17.4. The number of benzene rings is 2. The molecular formula is C27H33N5S. The molecule has 33 heavy (non-hydrogen) atoms. The number of nitrogens with zero attached hydrogens (tertiary/aromatic N) is 3. The topological polar surface area (TPSA) is 53.1 Å². The number of fused-ring (bicyclic) bond motifs is 2. The standard InChI is InChI=1S/C27H33N5S/c1-18-21-8-5-7-11-24(21)33-25(18)17-28-16-19-12-14-20(15-13-19)29-27-30-23-10-6-4-9-22(23)26(31-27)32(2)3/h4-11,19-20,28H,12-17H2,1-3H3,(H,29,30,31). The molecular weight excluding hydrogens is 426 g/mol. The number of nitrogens with one attached hydrogen (secondary N) is 2. The second-order valence-electron chi connectivity index (χ2n) is 9.42. The van der Waals surface area contributed by atoms with Crippen molar-refractivity contribution in [1.82, 2.24) is 15.3 Å². The van der Waals surface area contributed by atoms with Crippen LogP contribution in [0.3, 0.4) is 0 Å². The number of rotatable bonds is 7. The van der Waals surface area contributed by atoms with Gasteiger partial charge in [0.25, 0.3) is 0 Å². The Morgan fingerprint density at radius 2 is 1.67 bits per heavy atom. The van der Waals surface area contributed by atoms with E-state index in [1.165, 1.54) is 46.2 Å². The van der Waals surface area contributed by atoms with E-state index in [1.54, 1.807) is 0 Å². The van der Waals surface area contributed by atoms with Crippen LogP contribution >= 0.6 is 11.3 Å². The normalized spacial score (nSPS) is 18.6. The van der Waals surface area contributed by atoms with Gasteiger partial charge in [0.15, 0.2) is 0 Å². The van der Waals surface area contributed by atoms with E-state index in [4.69, 9.17) is 9.97 Å². The van der Waals surface area contributed by atoms with Crippen molar-refractivity contribution in [3.8, 4) is 0 Å². The van der Waals surface area contributed by atoms with E-state index in [-0.39, 0.29) is 0 Å². The third-order valence-electron chi connectivity index (χ3n) is 6.85. The number of thiophene rings is 1. The van der Waals surface area contributed by atoms with E-state index in [0.717, 1.165) is 41.7 Å². The van der Waals surface area contributed by atoms with Crippen LogP contribution < -0.4 is 15.5 Å². The van der Waals surface area contributed by atoms with Gasteiger partial charge in [-0.3, -0.25) is 0 Å². The van der Waals surface area contributed by atoms with Gasteiger partial charge in [-0.2, -0.15) is 4.98 Å². The predicted molar refractivity (Wildman–Crippen MR) is 142 cm³/mol. The minimum absolute atomic E-state index is 0.447. The molecule has 172 valence electrons. The van der Waals surface area contributed by atoms with Gasteiger partial charge in [0.1, 0.15) is 5.82 Å². The molecule has 2 aromatic carbocycles. The van der Waals surface area contributed by atoms with Crippen LogP contribution in [-0.4, -0.2) is 36.6 Å². The Balaban J connectivity index is 1.14. The minimum atomic E-state index is 0.447. The highest BCUT2D eigenvalue weighted by Gasteiger charge is 2.22. The summed E-state index contributed by atoms with van der Waals surface area (Å²) in [7, 11) is 4.08. The Bertz CT molecular complexity index is 1240. The zero-order valence-corrected chi connectivity index (χ0v) is 20.6. The van der Waals surface area contributed by atoms with Crippen LogP contribution in [0, 0.1) is 12.8 Å². The van der Waals surface area contributed by atoms with Crippen molar-refractivity contribution in [2.75, 3.05) is 30.9 Å². The summed E-state index contributed by atoms with van der Waals surface area (Å²) in [6.07, 6.45) is 4.82. The summed E-state index contributed by atoms with van der Waals surface area (Å²) in [5, 5.41) is 9.86. The first kappa shape index (κ1) is 22.1. The molecule has 0 amide bonds. The van der Waals surface area contributed by atoms with Crippen LogP contribution in [-0.2, 0) is 6.54 Å². The highest BCUT2D eigenvalue weighted by Crippen LogP contribution is 2.31. The van der Waals surface area contributed by atoms with E-state index in [0.29, 0.717) is 6.04 Å². The van der Waals surface area contributed by atoms with Gasteiger partial charge in [-0.05, 0) is 74.2 Å². The monoisotopic (exact) mass is 459 g/mol. The lowest BCUT2D eigenvalue weighted by Gasteiger charge is -2.29. The molecule has 2 heterocycles. The molecule has 5 nitrogen and oxygen atoms in total. The largest absolute Gasteiger partial charge is 0.362 e. The lowest BCUT2D eigenvalue weighted by Crippen LogP contribution is -2.31. The summed E-state index contributed by atoms with van der Waals surface area (Å²) in [4.78, 5) is 13.1. The lowest BCUT2D eigenvalue weighted by atomic mass is 9.86. The van der Waals surface area contributed by atoms with E-state index in [9.17, 15) is 0 Å². The van der Waals surface area contributed by atoms with Crippen molar-refractivity contribution in [3.05, 3.63) is 59.0 Å². The molecule has 0 saturated heterocycles. The van der Waals surface area contributed by atoms with Crippen LogP contribution in [0.4, 0.5) is 11.8 Å². The van der Waals surface area contributed by atoms with E-state index in [2.05, 4.69) is 58.9 Å². The number of aromatic nitrogens is 2. The fraction of sp³-hybridized carbons (Fsp3) is 0.407. The van der Waals surface area contributed by atoms with E-state index in [1.807, 2.05) is 37.6 Å². The average Bonchev–Trinajstić information content (AvgIpc) is 3.15. The SMILES string of the molecule is Cc1c(CNCC2CCC(Nc3nc(N(C)C)c4ccccc4n3)CC2)sc2ccccc12. The molecule has 1 aliphatic carbocycles. The lowest BCUT2D eigenvalue weighted by molar-refractivity contribution is 0.324. The highest BCUT2D eigenvalue weighted by atomic mass is 32.1. The van der Waals surface area contributed by atoms with Gasteiger partial charge in [-0.1, -0.05) is 30.3 Å². The molecule has 6 heteroatoms. The number of aryl methyl sites for hydroxylation is 1. The van der Waals surface area contributed by atoms with Crippen molar-refractivity contribution < 1.29 is 0 Å². The average molecular weight is 460 g/mol. The van der Waals surface area contributed by atoms with Crippen LogP contribution in [0.5, 0.6) is 0 Å². The minimum Gasteiger partial charge on any atom is -0.362 e. The number of hydrogen-bond donors (Lipinski definition) is 2. The smallest absolute Gasteiger partial charge is 0.225 e. The maximum atomic E-state index is 4.82. The first-order valence-corrected chi connectivity index (χ1v) is 12.8.